The van der Waals surface area contributed by atoms with Crippen LogP contribution in [-0.4, -0.2) is 77.2 Å². The van der Waals surface area contributed by atoms with Crippen molar-refractivity contribution in [3.05, 3.63) is 53.3 Å². The Morgan fingerprint density at radius 2 is 1.66 bits per heavy atom. The fraction of sp³-hybridized carbons (Fsp3) is 0.350. The molecule has 168 valence electrons. The number of tetrazole rings is 1. The van der Waals surface area contributed by atoms with Crippen LogP contribution in [0.1, 0.15) is 5.82 Å². The number of hydrogen-bond donors (Lipinski definition) is 0. The van der Waals surface area contributed by atoms with Crippen molar-refractivity contribution in [3.63, 3.8) is 0 Å². The van der Waals surface area contributed by atoms with Gasteiger partial charge in [0.25, 0.3) is 0 Å². The van der Waals surface area contributed by atoms with Crippen LogP contribution in [-0.2, 0) is 16.6 Å². The molecule has 0 N–H and O–H groups in total. The standard InChI is InChI=1S/C20H21ClN6O4S/c21-15-1-3-16(4-2-15)27-20(22-23-24-27)14-25-7-9-26(10-8-25)32(28,29)17-5-6-18-19(13-17)31-12-11-30-18/h1-6,13H,7-12,14H2. The van der Waals surface area contributed by atoms with Gasteiger partial charge >= 0.3 is 0 Å². The minimum absolute atomic E-state index is 0.210. The second kappa shape index (κ2) is 8.66. The van der Waals surface area contributed by atoms with E-state index in [1.165, 1.54) is 10.4 Å². The van der Waals surface area contributed by atoms with E-state index in [1.807, 2.05) is 12.1 Å². The van der Waals surface area contributed by atoms with Crippen molar-refractivity contribution in [1.29, 1.82) is 0 Å². The van der Waals surface area contributed by atoms with E-state index < -0.39 is 10.0 Å². The molecule has 3 heterocycles. The Morgan fingerprint density at radius 3 is 2.41 bits per heavy atom. The van der Waals surface area contributed by atoms with Crippen molar-refractivity contribution in [3.8, 4) is 17.2 Å². The van der Waals surface area contributed by atoms with E-state index in [0.29, 0.717) is 68.3 Å². The van der Waals surface area contributed by atoms with Gasteiger partial charge in [0.2, 0.25) is 10.0 Å². The third-order valence-electron chi connectivity index (χ3n) is 5.45. The highest BCUT2D eigenvalue weighted by Gasteiger charge is 2.30. The maximum absolute atomic E-state index is 13.1. The number of sulfonamides is 1. The summed E-state index contributed by atoms with van der Waals surface area (Å²) in [6.07, 6.45) is 0. The molecule has 0 unspecified atom stereocenters. The molecule has 2 aliphatic heterocycles. The fourth-order valence-electron chi connectivity index (χ4n) is 3.75. The summed E-state index contributed by atoms with van der Waals surface area (Å²) in [6.45, 7) is 3.26. The van der Waals surface area contributed by atoms with Crippen molar-refractivity contribution < 1.29 is 17.9 Å². The molecule has 0 atom stereocenters. The molecule has 2 aliphatic rings. The van der Waals surface area contributed by atoms with E-state index in [2.05, 4.69) is 20.4 Å². The summed E-state index contributed by atoms with van der Waals surface area (Å²) in [5.41, 5.74) is 0.814. The molecule has 5 rings (SSSR count). The number of rotatable bonds is 5. The Labute approximate surface area is 190 Å². The van der Waals surface area contributed by atoms with E-state index in [1.54, 1.807) is 28.9 Å². The quantitative estimate of drug-likeness (QED) is 0.547. The first-order chi connectivity index (χ1) is 15.5. The first-order valence-electron chi connectivity index (χ1n) is 10.2. The number of benzene rings is 2. The van der Waals surface area contributed by atoms with E-state index in [9.17, 15) is 8.42 Å². The highest BCUT2D eigenvalue weighted by molar-refractivity contribution is 7.89. The predicted molar refractivity (Wildman–Crippen MR) is 116 cm³/mol. The average molecular weight is 477 g/mol. The fourth-order valence-corrected chi connectivity index (χ4v) is 5.31. The van der Waals surface area contributed by atoms with Crippen LogP contribution in [0.5, 0.6) is 11.5 Å². The van der Waals surface area contributed by atoms with Crippen molar-refractivity contribution in [2.45, 2.75) is 11.4 Å². The SMILES string of the molecule is O=S(=O)(c1ccc2c(c1)OCCO2)N1CCN(Cc2nnnn2-c2ccc(Cl)cc2)CC1. The summed E-state index contributed by atoms with van der Waals surface area (Å²) in [4.78, 5) is 2.34. The third kappa shape index (κ3) is 4.16. The molecule has 0 bridgehead atoms. The van der Waals surface area contributed by atoms with E-state index in [-0.39, 0.29) is 4.90 Å². The maximum Gasteiger partial charge on any atom is 0.243 e. The molecule has 0 radical (unpaired) electrons. The first kappa shape index (κ1) is 21.1. The highest BCUT2D eigenvalue weighted by atomic mass is 35.5. The molecule has 1 saturated heterocycles. The Kier molecular flexibility index (Phi) is 5.72. The molecule has 12 heteroatoms. The molecule has 10 nitrogen and oxygen atoms in total. The molecule has 0 saturated carbocycles. The van der Waals surface area contributed by atoms with Gasteiger partial charge in [-0.1, -0.05) is 11.6 Å². The summed E-state index contributed by atoms with van der Waals surface area (Å²) in [7, 11) is -3.62. The number of piperazine rings is 1. The van der Waals surface area contributed by atoms with Crippen LogP contribution < -0.4 is 9.47 Å². The Bertz CT molecular complexity index is 1210. The molecule has 2 aromatic carbocycles. The lowest BCUT2D eigenvalue weighted by Gasteiger charge is -2.33. The van der Waals surface area contributed by atoms with Crippen molar-refractivity contribution in [2.75, 3.05) is 39.4 Å². The van der Waals surface area contributed by atoms with Gasteiger partial charge in [-0.15, -0.1) is 5.10 Å². The molecule has 3 aromatic rings. The summed E-state index contributed by atoms with van der Waals surface area (Å²) in [5, 5.41) is 12.6. The molecule has 1 aromatic heterocycles. The number of nitrogens with zero attached hydrogens (tertiary/aromatic N) is 6. The number of fused-ring (bicyclic) bond motifs is 1. The molecule has 0 amide bonds. The summed E-state index contributed by atoms with van der Waals surface area (Å²) in [6, 6.07) is 12.0. The molecule has 32 heavy (non-hydrogen) atoms. The Hall–Kier alpha value is -2.73. The van der Waals surface area contributed by atoms with Gasteiger partial charge in [-0.2, -0.15) is 8.99 Å². The van der Waals surface area contributed by atoms with Crippen LogP contribution in [0.3, 0.4) is 0 Å². The topological polar surface area (TPSA) is 103 Å². The van der Waals surface area contributed by atoms with Crippen LogP contribution in [0.25, 0.3) is 5.69 Å². The summed E-state index contributed by atoms with van der Waals surface area (Å²) >= 11 is 5.96. The third-order valence-corrected chi connectivity index (χ3v) is 7.60. The Morgan fingerprint density at radius 1 is 0.938 bits per heavy atom. The average Bonchev–Trinajstić information content (AvgIpc) is 3.27. The van der Waals surface area contributed by atoms with Crippen LogP contribution in [0, 0.1) is 0 Å². The summed E-state index contributed by atoms with van der Waals surface area (Å²) < 4.78 is 40.4. The number of halogens is 1. The van der Waals surface area contributed by atoms with Gasteiger partial charge in [0.15, 0.2) is 17.3 Å². The van der Waals surface area contributed by atoms with E-state index in [0.717, 1.165) is 5.69 Å². The molecule has 0 aliphatic carbocycles. The monoisotopic (exact) mass is 476 g/mol. The van der Waals surface area contributed by atoms with Gasteiger partial charge in [-0.3, -0.25) is 4.90 Å². The van der Waals surface area contributed by atoms with Crippen LogP contribution >= 0.6 is 11.6 Å². The van der Waals surface area contributed by atoms with Crippen LogP contribution in [0.2, 0.25) is 5.02 Å². The van der Waals surface area contributed by atoms with Gasteiger partial charge in [-0.25, -0.2) is 8.42 Å². The summed E-state index contributed by atoms with van der Waals surface area (Å²) in [5.74, 6) is 1.71. The largest absolute Gasteiger partial charge is 0.486 e. The van der Waals surface area contributed by atoms with Crippen molar-refractivity contribution >= 4 is 21.6 Å². The van der Waals surface area contributed by atoms with E-state index in [4.69, 9.17) is 21.1 Å². The second-order valence-electron chi connectivity index (χ2n) is 7.47. The first-order valence-corrected chi connectivity index (χ1v) is 12.0. The van der Waals surface area contributed by atoms with Gasteiger partial charge in [0, 0.05) is 37.3 Å². The smallest absolute Gasteiger partial charge is 0.243 e. The maximum atomic E-state index is 13.1. The minimum Gasteiger partial charge on any atom is -0.486 e. The molecule has 0 spiro atoms. The van der Waals surface area contributed by atoms with Gasteiger partial charge in [-0.05, 0) is 46.8 Å². The highest BCUT2D eigenvalue weighted by Crippen LogP contribution is 2.33. The normalized spacial score (nSPS) is 17.4. The zero-order valence-electron chi connectivity index (χ0n) is 17.1. The zero-order chi connectivity index (χ0) is 22.1. The van der Waals surface area contributed by atoms with Crippen molar-refractivity contribution in [1.82, 2.24) is 29.4 Å². The van der Waals surface area contributed by atoms with Gasteiger partial charge in [0.05, 0.1) is 17.1 Å². The molecular weight excluding hydrogens is 456 g/mol. The lowest BCUT2D eigenvalue weighted by Crippen LogP contribution is -2.48. The number of aromatic nitrogens is 4. The van der Waals surface area contributed by atoms with Gasteiger partial charge in [0.1, 0.15) is 13.2 Å². The lowest BCUT2D eigenvalue weighted by atomic mass is 10.3. The second-order valence-corrected chi connectivity index (χ2v) is 9.84. The zero-order valence-corrected chi connectivity index (χ0v) is 18.7. The predicted octanol–water partition coefficient (Wildman–Crippen LogP) is 1.59. The van der Waals surface area contributed by atoms with E-state index >= 15 is 0 Å². The van der Waals surface area contributed by atoms with Crippen LogP contribution in [0.15, 0.2) is 47.4 Å². The molecule has 1 fully saturated rings. The van der Waals surface area contributed by atoms with Crippen molar-refractivity contribution in [2.24, 2.45) is 0 Å². The van der Waals surface area contributed by atoms with Crippen LogP contribution in [0.4, 0.5) is 0 Å². The molecular formula is C20H21ClN6O4S. The number of hydrogen-bond acceptors (Lipinski definition) is 8. The number of ether oxygens (including phenoxy) is 2. The lowest BCUT2D eigenvalue weighted by molar-refractivity contribution is 0.170. The minimum atomic E-state index is -3.62. The Balaban J connectivity index is 1.25. The van der Waals surface area contributed by atoms with Gasteiger partial charge < -0.3 is 9.47 Å².